The van der Waals surface area contributed by atoms with Gasteiger partial charge in [0.2, 0.25) is 0 Å². The minimum Gasteiger partial charge on any atom is -0.452 e. The van der Waals surface area contributed by atoms with Crippen LogP contribution in [0.25, 0.3) is 0 Å². The van der Waals surface area contributed by atoms with Gasteiger partial charge in [-0.1, -0.05) is 0 Å². The number of hydrogen-bond acceptors (Lipinski definition) is 4. The summed E-state index contributed by atoms with van der Waals surface area (Å²) in [6, 6.07) is -1.77. The van der Waals surface area contributed by atoms with Gasteiger partial charge < -0.3 is 10.1 Å². The molecule has 0 unspecified atom stereocenters. The third-order valence-corrected chi connectivity index (χ3v) is 2.86. The average molecular weight is 440 g/mol. The van der Waals surface area contributed by atoms with Gasteiger partial charge in [-0.05, 0) is 18.2 Å². The molecule has 29 heavy (non-hydrogen) atoms. The Morgan fingerprint density at radius 1 is 0.828 bits per heavy atom. The molecule has 0 fully saturated rings. The number of carbonyl (C=O) groups is 3. The van der Waals surface area contributed by atoms with Crippen molar-refractivity contribution >= 4 is 17.9 Å². The van der Waals surface area contributed by atoms with E-state index in [9.17, 15) is 53.9 Å². The van der Waals surface area contributed by atoms with Crippen molar-refractivity contribution in [1.82, 2.24) is 10.6 Å². The molecule has 0 spiro atoms. The summed E-state index contributed by atoms with van der Waals surface area (Å²) in [5.41, 5.74) is -4.81. The lowest BCUT2D eigenvalue weighted by molar-refractivity contribution is -0.143. The van der Waals surface area contributed by atoms with Gasteiger partial charge in [0, 0.05) is 0 Å². The largest absolute Gasteiger partial charge is 0.452 e. The fourth-order valence-corrected chi connectivity index (χ4v) is 1.67. The van der Waals surface area contributed by atoms with Crippen LogP contribution in [0.15, 0.2) is 18.2 Å². The summed E-state index contributed by atoms with van der Waals surface area (Å²) in [4.78, 5) is 33.9. The SMILES string of the molecule is O=C(COC(=O)c1cc(C(F)(F)F)cc(C(F)(F)F)c1)NC(=O)NCC(F)(F)F. The number of amides is 3. The molecule has 15 heteroatoms. The maximum Gasteiger partial charge on any atom is 0.416 e. The van der Waals surface area contributed by atoms with Gasteiger partial charge in [-0.3, -0.25) is 10.1 Å². The normalized spacial score (nSPS) is 12.3. The molecule has 3 amide bonds. The minimum absolute atomic E-state index is 0.0471. The summed E-state index contributed by atoms with van der Waals surface area (Å²) in [5.74, 6) is -3.26. The van der Waals surface area contributed by atoms with Crippen LogP contribution in [0.5, 0.6) is 0 Å². The molecule has 2 N–H and O–H groups in total. The van der Waals surface area contributed by atoms with Gasteiger partial charge in [-0.25, -0.2) is 9.59 Å². The molecule has 0 aromatic heterocycles. The topological polar surface area (TPSA) is 84.5 Å². The van der Waals surface area contributed by atoms with Crippen molar-refractivity contribution < 1.29 is 58.6 Å². The van der Waals surface area contributed by atoms with Gasteiger partial charge >= 0.3 is 30.5 Å². The number of halogens is 9. The Hall–Kier alpha value is -3.00. The van der Waals surface area contributed by atoms with Gasteiger partial charge in [-0.2, -0.15) is 39.5 Å². The lowest BCUT2D eigenvalue weighted by Gasteiger charge is -2.14. The summed E-state index contributed by atoms with van der Waals surface area (Å²) >= 11 is 0. The zero-order chi connectivity index (χ0) is 22.6. The third-order valence-electron chi connectivity index (χ3n) is 2.86. The van der Waals surface area contributed by atoms with Gasteiger partial charge in [0.1, 0.15) is 6.54 Å². The molecule has 0 radical (unpaired) electrons. The van der Waals surface area contributed by atoms with Crippen LogP contribution in [0.3, 0.4) is 0 Å². The fourth-order valence-electron chi connectivity index (χ4n) is 1.67. The molecule has 6 nitrogen and oxygen atoms in total. The first-order valence-electron chi connectivity index (χ1n) is 7.10. The highest BCUT2D eigenvalue weighted by Gasteiger charge is 2.37. The monoisotopic (exact) mass is 440 g/mol. The molecule has 0 aliphatic carbocycles. The van der Waals surface area contributed by atoms with E-state index in [1.54, 1.807) is 0 Å². The van der Waals surface area contributed by atoms with Crippen molar-refractivity contribution in [2.24, 2.45) is 0 Å². The number of rotatable bonds is 4. The van der Waals surface area contributed by atoms with Crippen LogP contribution in [0.2, 0.25) is 0 Å². The van der Waals surface area contributed by atoms with Crippen molar-refractivity contribution in [1.29, 1.82) is 0 Å². The zero-order valence-corrected chi connectivity index (χ0v) is 13.7. The number of urea groups is 1. The molecule has 1 rings (SSSR count). The van der Waals surface area contributed by atoms with E-state index in [2.05, 4.69) is 4.74 Å². The van der Waals surface area contributed by atoms with Gasteiger partial charge in [-0.15, -0.1) is 0 Å². The van der Waals surface area contributed by atoms with E-state index in [1.807, 2.05) is 0 Å². The first-order chi connectivity index (χ1) is 13.0. The number of alkyl halides is 9. The van der Waals surface area contributed by atoms with Crippen molar-refractivity contribution in [2.75, 3.05) is 13.2 Å². The molecule has 0 saturated carbocycles. The molecule has 0 aliphatic rings. The van der Waals surface area contributed by atoms with Crippen molar-refractivity contribution in [3.8, 4) is 0 Å². The van der Waals surface area contributed by atoms with E-state index in [0.717, 1.165) is 0 Å². The smallest absolute Gasteiger partial charge is 0.416 e. The second kappa shape index (κ2) is 8.57. The Labute approximate surface area is 155 Å². The zero-order valence-electron chi connectivity index (χ0n) is 13.7. The molecule has 1 aromatic carbocycles. The van der Waals surface area contributed by atoms with E-state index in [1.165, 1.54) is 10.6 Å². The highest BCUT2D eigenvalue weighted by molar-refractivity contribution is 5.97. The Morgan fingerprint density at radius 2 is 1.31 bits per heavy atom. The number of carbonyl (C=O) groups excluding carboxylic acids is 3. The summed E-state index contributed by atoms with van der Waals surface area (Å²) in [5, 5.41) is 2.54. The maximum atomic E-state index is 12.7. The molecular formula is C14H9F9N2O4. The van der Waals surface area contributed by atoms with Crippen molar-refractivity contribution in [3.05, 3.63) is 34.9 Å². The summed E-state index contributed by atoms with van der Waals surface area (Å²) in [6.07, 6.45) is -15.2. The second-order valence-electron chi connectivity index (χ2n) is 5.22. The van der Waals surface area contributed by atoms with Gasteiger partial charge in [0.15, 0.2) is 6.61 Å². The molecule has 0 aliphatic heterocycles. The average Bonchev–Trinajstić information content (AvgIpc) is 2.55. The third kappa shape index (κ3) is 8.27. The first-order valence-corrected chi connectivity index (χ1v) is 7.10. The van der Waals surface area contributed by atoms with E-state index >= 15 is 0 Å². The van der Waals surface area contributed by atoms with Crippen LogP contribution in [-0.2, 0) is 21.9 Å². The molecule has 0 heterocycles. The Morgan fingerprint density at radius 3 is 1.72 bits per heavy atom. The predicted molar refractivity (Wildman–Crippen MR) is 74.3 cm³/mol. The van der Waals surface area contributed by atoms with E-state index in [4.69, 9.17) is 0 Å². The first kappa shape index (κ1) is 24.0. The maximum absolute atomic E-state index is 12.7. The molecule has 0 atom stereocenters. The lowest BCUT2D eigenvalue weighted by Crippen LogP contribution is -2.44. The van der Waals surface area contributed by atoms with Gasteiger partial charge in [0.05, 0.1) is 16.7 Å². The van der Waals surface area contributed by atoms with Crippen LogP contribution >= 0.6 is 0 Å². The van der Waals surface area contributed by atoms with Gasteiger partial charge in [0.25, 0.3) is 5.91 Å². The minimum atomic E-state index is -5.23. The number of benzene rings is 1. The molecular weight excluding hydrogens is 431 g/mol. The highest BCUT2D eigenvalue weighted by atomic mass is 19.4. The van der Waals surface area contributed by atoms with E-state index < -0.39 is 66.3 Å². The summed E-state index contributed by atoms with van der Waals surface area (Å²) < 4.78 is 116. The quantitative estimate of drug-likeness (QED) is 0.556. The Balaban J connectivity index is 2.81. The lowest BCUT2D eigenvalue weighted by atomic mass is 10.0. The number of hydrogen-bond donors (Lipinski definition) is 2. The van der Waals surface area contributed by atoms with Crippen LogP contribution in [0.1, 0.15) is 21.5 Å². The Kier molecular flexibility index (Phi) is 7.10. The van der Waals surface area contributed by atoms with Crippen LogP contribution in [-0.4, -0.2) is 37.2 Å². The molecule has 0 bridgehead atoms. The number of esters is 1. The van der Waals surface area contributed by atoms with Crippen LogP contribution < -0.4 is 10.6 Å². The summed E-state index contributed by atoms with van der Waals surface area (Å²) in [7, 11) is 0. The van der Waals surface area contributed by atoms with Crippen molar-refractivity contribution in [3.63, 3.8) is 0 Å². The molecule has 0 saturated heterocycles. The summed E-state index contributed by atoms with van der Waals surface area (Å²) in [6.45, 7) is -3.16. The standard InChI is InChI=1S/C14H9F9N2O4/c15-12(16,17)5-24-11(28)25-9(26)4-29-10(27)6-1-7(13(18,19)20)3-8(2-6)14(21,22)23/h1-3H,4-5H2,(H2,24,25,26,28). The van der Waals surface area contributed by atoms with Crippen molar-refractivity contribution in [2.45, 2.75) is 18.5 Å². The van der Waals surface area contributed by atoms with Crippen LogP contribution in [0.4, 0.5) is 44.3 Å². The fraction of sp³-hybridized carbons (Fsp3) is 0.357. The van der Waals surface area contributed by atoms with Crippen LogP contribution in [0, 0.1) is 0 Å². The van der Waals surface area contributed by atoms with E-state index in [0.29, 0.717) is 0 Å². The number of imide groups is 1. The van der Waals surface area contributed by atoms with E-state index in [-0.39, 0.29) is 18.2 Å². The molecule has 162 valence electrons. The molecule has 1 aromatic rings. The number of ether oxygens (including phenoxy) is 1. The second-order valence-corrected chi connectivity index (χ2v) is 5.22. The number of nitrogens with one attached hydrogen (secondary N) is 2. The Bertz CT molecular complexity index is 753. The predicted octanol–water partition coefficient (Wildman–Crippen LogP) is 3.27. The highest BCUT2D eigenvalue weighted by Crippen LogP contribution is 2.36.